The van der Waals surface area contributed by atoms with E-state index in [-0.39, 0.29) is 0 Å². The Hall–Kier alpha value is -0.0400. The summed E-state index contributed by atoms with van der Waals surface area (Å²) < 4.78 is 0. The summed E-state index contributed by atoms with van der Waals surface area (Å²) in [6, 6.07) is 0.781. The molecule has 10 heavy (non-hydrogen) atoms. The molecule has 0 aromatic carbocycles. The van der Waals surface area contributed by atoms with Crippen molar-refractivity contribution in [2.24, 2.45) is 11.8 Å². The van der Waals surface area contributed by atoms with Crippen molar-refractivity contribution in [2.45, 2.75) is 39.2 Å². The van der Waals surface area contributed by atoms with Crippen LogP contribution in [0.4, 0.5) is 0 Å². The van der Waals surface area contributed by atoms with Crippen LogP contribution >= 0.6 is 0 Å². The average molecular weight is 141 g/mol. The summed E-state index contributed by atoms with van der Waals surface area (Å²) in [5.41, 5.74) is 0. The molecule has 0 unspecified atom stereocenters. The molecule has 1 fully saturated rings. The van der Waals surface area contributed by atoms with Gasteiger partial charge in [-0.05, 0) is 25.3 Å². The molecule has 1 heteroatoms. The molecule has 0 spiro atoms. The maximum absolute atomic E-state index is 3.38. The molecule has 0 aromatic heterocycles. The van der Waals surface area contributed by atoms with E-state index in [0.29, 0.717) is 0 Å². The molecule has 0 heterocycles. The van der Waals surface area contributed by atoms with Gasteiger partial charge < -0.3 is 5.32 Å². The van der Waals surface area contributed by atoms with E-state index >= 15 is 0 Å². The minimum atomic E-state index is 0.781. The van der Waals surface area contributed by atoms with E-state index in [1.165, 1.54) is 19.3 Å². The van der Waals surface area contributed by atoms with Gasteiger partial charge in [-0.25, -0.2) is 0 Å². The van der Waals surface area contributed by atoms with Crippen LogP contribution < -0.4 is 5.32 Å². The maximum Gasteiger partial charge on any atom is 0.00922 e. The second kappa shape index (κ2) is 3.38. The van der Waals surface area contributed by atoms with E-state index in [0.717, 1.165) is 17.9 Å². The predicted molar refractivity (Wildman–Crippen MR) is 45.0 cm³/mol. The van der Waals surface area contributed by atoms with Crippen LogP contribution in [0.3, 0.4) is 0 Å². The number of nitrogens with one attached hydrogen (secondary N) is 1. The Morgan fingerprint density at radius 2 is 1.90 bits per heavy atom. The molecular formula is C9H19N. The fraction of sp³-hybridized carbons (Fsp3) is 1.00. The van der Waals surface area contributed by atoms with Gasteiger partial charge in [0.1, 0.15) is 0 Å². The molecule has 1 aliphatic carbocycles. The third-order valence-corrected chi connectivity index (χ3v) is 3.08. The molecule has 3 atom stereocenters. The topological polar surface area (TPSA) is 12.0 Å². The molecule has 0 amide bonds. The van der Waals surface area contributed by atoms with Gasteiger partial charge in [0.05, 0.1) is 0 Å². The van der Waals surface area contributed by atoms with Crippen LogP contribution in [0.5, 0.6) is 0 Å². The lowest BCUT2D eigenvalue weighted by Gasteiger charge is -2.33. The highest BCUT2D eigenvalue weighted by Gasteiger charge is 2.25. The van der Waals surface area contributed by atoms with Crippen LogP contribution in [-0.4, -0.2) is 13.1 Å². The third kappa shape index (κ3) is 1.51. The monoisotopic (exact) mass is 141 g/mol. The maximum atomic E-state index is 3.38. The van der Waals surface area contributed by atoms with Crippen molar-refractivity contribution in [3.63, 3.8) is 0 Å². The van der Waals surface area contributed by atoms with E-state index in [2.05, 4.69) is 26.2 Å². The van der Waals surface area contributed by atoms with Crippen molar-refractivity contribution in [1.29, 1.82) is 0 Å². The average Bonchev–Trinajstić information content (AvgIpc) is 1.95. The van der Waals surface area contributed by atoms with Gasteiger partial charge in [-0.1, -0.05) is 26.7 Å². The van der Waals surface area contributed by atoms with Gasteiger partial charge in [-0.15, -0.1) is 0 Å². The molecular weight excluding hydrogens is 122 g/mol. The molecule has 1 N–H and O–H groups in total. The lowest BCUT2D eigenvalue weighted by Crippen LogP contribution is -2.38. The van der Waals surface area contributed by atoms with Crippen molar-refractivity contribution in [2.75, 3.05) is 7.05 Å². The van der Waals surface area contributed by atoms with E-state index < -0.39 is 0 Å². The number of rotatable bonds is 1. The van der Waals surface area contributed by atoms with Crippen LogP contribution in [0.2, 0.25) is 0 Å². The van der Waals surface area contributed by atoms with Gasteiger partial charge in [-0.2, -0.15) is 0 Å². The third-order valence-electron chi connectivity index (χ3n) is 3.08. The summed E-state index contributed by atoms with van der Waals surface area (Å²) >= 11 is 0. The highest BCUT2D eigenvalue weighted by molar-refractivity contribution is 4.80. The summed E-state index contributed by atoms with van der Waals surface area (Å²) in [5.74, 6) is 1.80. The van der Waals surface area contributed by atoms with E-state index in [4.69, 9.17) is 0 Å². The van der Waals surface area contributed by atoms with Crippen LogP contribution in [0.15, 0.2) is 0 Å². The molecule has 1 rings (SSSR count). The Morgan fingerprint density at radius 3 is 2.40 bits per heavy atom. The lowest BCUT2D eigenvalue weighted by atomic mass is 9.78. The van der Waals surface area contributed by atoms with Crippen LogP contribution in [0, 0.1) is 11.8 Å². The summed E-state index contributed by atoms with van der Waals surface area (Å²) in [7, 11) is 2.08. The molecule has 0 aromatic rings. The molecule has 0 radical (unpaired) electrons. The van der Waals surface area contributed by atoms with Crippen molar-refractivity contribution >= 4 is 0 Å². The smallest absolute Gasteiger partial charge is 0.00922 e. The highest BCUT2D eigenvalue weighted by Crippen LogP contribution is 2.28. The summed E-state index contributed by atoms with van der Waals surface area (Å²) in [5, 5.41) is 3.38. The molecule has 1 nitrogen and oxygen atoms in total. The summed E-state index contributed by atoms with van der Waals surface area (Å²) in [6.45, 7) is 4.74. The largest absolute Gasteiger partial charge is 0.317 e. The zero-order valence-electron chi connectivity index (χ0n) is 7.35. The van der Waals surface area contributed by atoms with Gasteiger partial charge in [0, 0.05) is 6.04 Å². The molecule has 0 saturated heterocycles. The van der Waals surface area contributed by atoms with E-state index in [9.17, 15) is 0 Å². The van der Waals surface area contributed by atoms with Crippen molar-refractivity contribution < 1.29 is 0 Å². The fourth-order valence-electron chi connectivity index (χ4n) is 1.99. The summed E-state index contributed by atoms with van der Waals surface area (Å²) in [4.78, 5) is 0. The Morgan fingerprint density at radius 1 is 1.20 bits per heavy atom. The molecule has 60 valence electrons. The van der Waals surface area contributed by atoms with Crippen molar-refractivity contribution in [3.8, 4) is 0 Å². The minimum Gasteiger partial charge on any atom is -0.317 e. The number of hydrogen-bond acceptors (Lipinski definition) is 1. The number of hydrogen-bond donors (Lipinski definition) is 1. The van der Waals surface area contributed by atoms with Crippen LogP contribution in [-0.2, 0) is 0 Å². The van der Waals surface area contributed by atoms with Crippen LogP contribution in [0.25, 0.3) is 0 Å². The highest BCUT2D eigenvalue weighted by atomic mass is 14.9. The van der Waals surface area contributed by atoms with Crippen molar-refractivity contribution in [1.82, 2.24) is 5.32 Å². The zero-order valence-corrected chi connectivity index (χ0v) is 7.35. The SMILES string of the molecule is CN[C@H]1CCC[C@H](C)[C@@H]1C. The Balaban J connectivity index is 2.42. The Kier molecular flexibility index (Phi) is 2.72. The first kappa shape index (κ1) is 8.06. The predicted octanol–water partition coefficient (Wildman–Crippen LogP) is 2.03. The van der Waals surface area contributed by atoms with Gasteiger partial charge in [0.15, 0.2) is 0 Å². The summed E-state index contributed by atoms with van der Waals surface area (Å²) in [6.07, 6.45) is 4.22. The second-order valence-corrected chi connectivity index (χ2v) is 3.66. The van der Waals surface area contributed by atoms with Crippen LogP contribution in [0.1, 0.15) is 33.1 Å². The Labute approximate surface area is 64.2 Å². The molecule has 1 saturated carbocycles. The standard InChI is InChI=1S/C9H19N/c1-7-5-4-6-9(10-3)8(7)2/h7-10H,4-6H2,1-3H3/t7-,8-,9-/m0/s1. The van der Waals surface area contributed by atoms with Gasteiger partial charge in [0.2, 0.25) is 0 Å². The molecule has 0 bridgehead atoms. The second-order valence-electron chi connectivity index (χ2n) is 3.66. The zero-order chi connectivity index (χ0) is 7.56. The van der Waals surface area contributed by atoms with Gasteiger partial charge in [-0.3, -0.25) is 0 Å². The fourth-order valence-corrected chi connectivity index (χ4v) is 1.99. The minimum absolute atomic E-state index is 0.781. The van der Waals surface area contributed by atoms with Gasteiger partial charge >= 0.3 is 0 Å². The lowest BCUT2D eigenvalue weighted by molar-refractivity contribution is 0.215. The Bertz CT molecular complexity index is 101. The van der Waals surface area contributed by atoms with E-state index in [1.807, 2.05) is 0 Å². The normalized spacial score (nSPS) is 41.7. The molecule has 1 aliphatic rings. The van der Waals surface area contributed by atoms with Gasteiger partial charge in [0.25, 0.3) is 0 Å². The van der Waals surface area contributed by atoms with Crippen molar-refractivity contribution in [3.05, 3.63) is 0 Å². The first-order chi connectivity index (χ1) is 4.75. The molecule has 0 aliphatic heterocycles. The van der Waals surface area contributed by atoms with E-state index in [1.54, 1.807) is 0 Å². The first-order valence-corrected chi connectivity index (χ1v) is 4.43. The quantitative estimate of drug-likeness (QED) is 0.589. The first-order valence-electron chi connectivity index (χ1n) is 4.43.